The highest BCUT2D eigenvalue weighted by molar-refractivity contribution is 9.10. The minimum Gasteiger partial charge on any atom is -0.434 e. The Morgan fingerprint density at radius 2 is 2.05 bits per heavy atom. The maximum atomic E-state index is 13.9. The molecule has 1 heterocycles. The molecule has 2 N–H and O–H groups in total. The number of aryl methyl sites for hydroxylation is 1. The predicted octanol–water partition coefficient (Wildman–Crippen LogP) is 4.29. The lowest BCUT2D eigenvalue weighted by Crippen LogP contribution is -1.85. The van der Waals surface area contributed by atoms with E-state index in [2.05, 4.69) is 20.9 Å². The van der Waals surface area contributed by atoms with Crippen LogP contribution in [0.5, 0.6) is 0 Å². The van der Waals surface area contributed by atoms with Crippen molar-refractivity contribution in [2.75, 3.05) is 5.73 Å². The van der Waals surface area contributed by atoms with E-state index in [1.165, 1.54) is 6.07 Å². The third-order valence-corrected chi connectivity index (χ3v) is 3.30. The number of rotatable bonds is 1. The third kappa shape index (κ3) is 2.10. The van der Waals surface area contributed by atoms with E-state index in [9.17, 15) is 4.39 Å². The molecule has 0 aliphatic heterocycles. The van der Waals surface area contributed by atoms with Gasteiger partial charge in [0.1, 0.15) is 11.3 Å². The Hall–Kier alpha value is -1.88. The smallest absolute Gasteiger partial charge is 0.230 e. The first kappa shape index (κ1) is 12.2. The van der Waals surface area contributed by atoms with Gasteiger partial charge in [-0.1, -0.05) is 22.0 Å². The van der Waals surface area contributed by atoms with Crippen molar-refractivity contribution in [1.82, 2.24) is 4.98 Å². The Kier molecular flexibility index (Phi) is 2.78. The van der Waals surface area contributed by atoms with Crippen LogP contribution in [-0.4, -0.2) is 4.98 Å². The molecule has 2 aromatic carbocycles. The van der Waals surface area contributed by atoms with E-state index < -0.39 is 0 Å². The summed E-state index contributed by atoms with van der Waals surface area (Å²) in [7, 11) is 0. The van der Waals surface area contributed by atoms with Crippen molar-refractivity contribution in [1.29, 1.82) is 0 Å². The van der Waals surface area contributed by atoms with Crippen LogP contribution in [0.1, 0.15) is 5.56 Å². The first-order chi connectivity index (χ1) is 9.04. The van der Waals surface area contributed by atoms with E-state index in [1.807, 2.05) is 13.0 Å². The molecule has 0 fully saturated rings. The minimum atomic E-state index is -0.357. The average Bonchev–Trinajstić information content (AvgIpc) is 2.72. The fraction of sp³-hybridized carbons (Fsp3) is 0.0714. The quantitative estimate of drug-likeness (QED) is 0.680. The Bertz CT molecular complexity index is 782. The molecule has 3 aromatic rings. The molecule has 0 spiro atoms. The van der Waals surface area contributed by atoms with Gasteiger partial charge in [-0.2, -0.15) is 0 Å². The predicted molar refractivity (Wildman–Crippen MR) is 76.3 cm³/mol. The van der Waals surface area contributed by atoms with Crippen molar-refractivity contribution < 1.29 is 8.81 Å². The number of nitrogens with zero attached hydrogens (tertiary/aromatic N) is 1. The van der Waals surface area contributed by atoms with Gasteiger partial charge >= 0.3 is 0 Å². The third-order valence-electron chi connectivity index (χ3n) is 2.84. The standard InChI is InChI=1S/C14H10BrFN2O/c1-7-2-3-9(10(16)4-7)14-18-12-6-8(15)5-11(17)13(12)19-14/h2-6H,17H2,1H3. The Morgan fingerprint density at radius 3 is 2.79 bits per heavy atom. The Morgan fingerprint density at radius 1 is 1.26 bits per heavy atom. The fourth-order valence-corrected chi connectivity index (χ4v) is 2.40. The Balaban J connectivity index is 2.23. The summed E-state index contributed by atoms with van der Waals surface area (Å²) in [5.41, 5.74) is 8.57. The van der Waals surface area contributed by atoms with Crippen molar-refractivity contribution >= 4 is 32.7 Å². The summed E-state index contributed by atoms with van der Waals surface area (Å²) in [6.07, 6.45) is 0. The molecular weight excluding hydrogens is 311 g/mol. The normalized spacial score (nSPS) is 11.1. The van der Waals surface area contributed by atoms with Gasteiger partial charge in [-0.05, 0) is 36.8 Å². The molecular formula is C14H10BrFN2O. The van der Waals surface area contributed by atoms with Crippen LogP contribution in [0.4, 0.5) is 10.1 Å². The van der Waals surface area contributed by atoms with E-state index in [4.69, 9.17) is 10.2 Å². The molecule has 3 rings (SSSR count). The maximum absolute atomic E-state index is 13.9. The van der Waals surface area contributed by atoms with E-state index >= 15 is 0 Å². The van der Waals surface area contributed by atoms with Crippen LogP contribution >= 0.6 is 15.9 Å². The lowest BCUT2D eigenvalue weighted by Gasteiger charge is -1.99. The number of anilines is 1. The van der Waals surface area contributed by atoms with Gasteiger partial charge in [-0.3, -0.25) is 0 Å². The van der Waals surface area contributed by atoms with E-state index in [-0.39, 0.29) is 11.7 Å². The first-order valence-corrected chi connectivity index (χ1v) is 6.46. The maximum Gasteiger partial charge on any atom is 0.230 e. The molecule has 0 amide bonds. The number of halogens is 2. The summed E-state index contributed by atoms with van der Waals surface area (Å²) in [5, 5.41) is 0. The number of hydrogen-bond donors (Lipinski definition) is 1. The first-order valence-electron chi connectivity index (χ1n) is 5.66. The van der Waals surface area contributed by atoms with Gasteiger partial charge in [0, 0.05) is 4.47 Å². The zero-order valence-electron chi connectivity index (χ0n) is 10.1. The van der Waals surface area contributed by atoms with E-state index in [0.717, 1.165) is 10.0 Å². The van der Waals surface area contributed by atoms with Crippen molar-refractivity contribution in [3.63, 3.8) is 0 Å². The second kappa shape index (κ2) is 4.35. The molecule has 0 aliphatic carbocycles. The van der Waals surface area contributed by atoms with Crippen LogP contribution in [0.25, 0.3) is 22.6 Å². The number of hydrogen-bond acceptors (Lipinski definition) is 3. The molecule has 0 unspecified atom stereocenters. The molecule has 96 valence electrons. The summed E-state index contributed by atoms with van der Waals surface area (Å²) in [6.45, 7) is 1.83. The second-order valence-corrected chi connectivity index (χ2v) is 5.26. The average molecular weight is 321 g/mol. The number of nitrogen functional groups attached to an aromatic ring is 1. The molecule has 1 aromatic heterocycles. The van der Waals surface area contributed by atoms with Crippen LogP contribution in [-0.2, 0) is 0 Å². The number of oxazole rings is 1. The highest BCUT2D eigenvalue weighted by atomic mass is 79.9. The topological polar surface area (TPSA) is 52.0 Å². The van der Waals surface area contributed by atoms with Gasteiger partial charge in [0.15, 0.2) is 5.58 Å². The van der Waals surface area contributed by atoms with Gasteiger partial charge in [0.05, 0.1) is 11.3 Å². The number of benzene rings is 2. The van der Waals surface area contributed by atoms with Crippen LogP contribution in [0, 0.1) is 12.7 Å². The van der Waals surface area contributed by atoms with E-state index in [1.54, 1.807) is 18.2 Å². The van der Waals surface area contributed by atoms with Crippen LogP contribution < -0.4 is 5.73 Å². The largest absolute Gasteiger partial charge is 0.434 e. The van der Waals surface area contributed by atoms with Crippen molar-refractivity contribution in [3.05, 3.63) is 46.2 Å². The summed E-state index contributed by atoms with van der Waals surface area (Å²) in [6, 6.07) is 8.42. The summed E-state index contributed by atoms with van der Waals surface area (Å²) in [4.78, 5) is 4.28. The SMILES string of the molecule is Cc1ccc(-c2nc3cc(Br)cc(N)c3o2)c(F)c1. The highest BCUT2D eigenvalue weighted by Gasteiger charge is 2.14. The van der Waals surface area contributed by atoms with Gasteiger partial charge < -0.3 is 10.2 Å². The lowest BCUT2D eigenvalue weighted by molar-refractivity contribution is 0.593. The number of nitrogens with two attached hydrogens (primary N) is 1. The monoisotopic (exact) mass is 320 g/mol. The fourth-order valence-electron chi connectivity index (χ4n) is 1.93. The van der Waals surface area contributed by atoms with Gasteiger partial charge in [-0.25, -0.2) is 9.37 Å². The lowest BCUT2D eigenvalue weighted by atomic mass is 10.1. The summed E-state index contributed by atoms with van der Waals surface area (Å²) >= 11 is 3.34. The van der Waals surface area contributed by atoms with Crippen LogP contribution in [0.2, 0.25) is 0 Å². The molecule has 5 heteroatoms. The molecule has 19 heavy (non-hydrogen) atoms. The zero-order valence-corrected chi connectivity index (χ0v) is 11.7. The molecule has 0 aliphatic rings. The molecule has 0 bridgehead atoms. The van der Waals surface area contributed by atoms with Gasteiger partial charge in [0.25, 0.3) is 0 Å². The minimum absolute atomic E-state index is 0.234. The van der Waals surface area contributed by atoms with Gasteiger partial charge in [0.2, 0.25) is 5.89 Å². The zero-order chi connectivity index (χ0) is 13.6. The highest BCUT2D eigenvalue weighted by Crippen LogP contribution is 2.31. The molecule has 0 saturated heterocycles. The van der Waals surface area contributed by atoms with Gasteiger partial charge in [-0.15, -0.1) is 0 Å². The Labute approximate surface area is 117 Å². The van der Waals surface area contributed by atoms with Crippen molar-refractivity contribution in [2.24, 2.45) is 0 Å². The number of aromatic nitrogens is 1. The van der Waals surface area contributed by atoms with Crippen molar-refractivity contribution in [3.8, 4) is 11.5 Å². The second-order valence-electron chi connectivity index (χ2n) is 4.35. The molecule has 0 atom stereocenters. The molecule has 0 radical (unpaired) electrons. The van der Waals surface area contributed by atoms with Crippen LogP contribution in [0.15, 0.2) is 39.2 Å². The molecule has 3 nitrogen and oxygen atoms in total. The van der Waals surface area contributed by atoms with Crippen LogP contribution in [0.3, 0.4) is 0 Å². The summed E-state index contributed by atoms with van der Waals surface area (Å²) in [5.74, 6) is -0.124. The summed E-state index contributed by atoms with van der Waals surface area (Å²) < 4.78 is 20.3. The van der Waals surface area contributed by atoms with Crippen molar-refractivity contribution in [2.45, 2.75) is 6.92 Å². The number of fused-ring (bicyclic) bond motifs is 1. The van der Waals surface area contributed by atoms with E-state index in [0.29, 0.717) is 22.4 Å². The molecule has 0 saturated carbocycles.